The van der Waals surface area contributed by atoms with Gasteiger partial charge in [-0.2, -0.15) is 5.10 Å². The van der Waals surface area contributed by atoms with Crippen molar-refractivity contribution in [1.82, 2.24) is 25.1 Å². The third-order valence-corrected chi connectivity index (χ3v) is 5.94. The first-order valence-corrected chi connectivity index (χ1v) is 11.4. The Kier molecular flexibility index (Phi) is 6.01. The molecule has 0 saturated carbocycles. The molecule has 4 heterocycles. The Hall–Kier alpha value is -4.47. The molecular weight excluding hydrogens is 444 g/mol. The van der Waals surface area contributed by atoms with Crippen LogP contribution in [0.1, 0.15) is 23.3 Å². The first-order chi connectivity index (χ1) is 17.0. The molecule has 0 atom stereocenters. The van der Waals surface area contributed by atoms with E-state index in [1.54, 1.807) is 32.7 Å². The van der Waals surface area contributed by atoms with Crippen LogP contribution in [0.5, 0.6) is 0 Å². The molecule has 0 unspecified atom stereocenters. The third-order valence-electron chi connectivity index (χ3n) is 5.94. The summed E-state index contributed by atoms with van der Waals surface area (Å²) in [6.07, 6.45) is 7.33. The predicted molar refractivity (Wildman–Crippen MR) is 136 cm³/mol. The number of H-pyrrole nitrogens is 1. The van der Waals surface area contributed by atoms with Gasteiger partial charge in [-0.05, 0) is 48.7 Å². The number of carbonyl (C=O) groups is 2. The summed E-state index contributed by atoms with van der Waals surface area (Å²) in [6, 6.07) is 11.1. The van der Waals surface area contributed by atoms with Crippen molar-refractivity contribution >= 4 is 40.0 Å². The van der Waals surface area contributed by atoms with Crippen molar-refractivity contribution in [3.63, 3.8) is 0 Å². The van der Waals surface area contributed by atoms with Crippen LogP contribution >= 0.6 is 0 Å². The van der Waals surface area contributed by atoms with E-state index in [9.17, 15) is 9.59 Å². The standard InChI is InChI=1S/C25H26N8O2/c1-32(2)25(35)29-19-11-17(13-26-14-19)16-5-7-21-20(12-16)23(31-30-21)24(34)28-18-6-8-22(27-15-18)33-9-3-4-10-33/h5-8,11-15H,3-4,9-10H2,1-2H3,(H,28,34)(H,29,35)(H,30,31). The minimum absolute atomic E-state index is 0.240. The zero-order valence-electron chi connectivity index (χ0n) is 19.6. The predicted octanol–water partition coefficient (Wildman–Crippen LogP) is 3.97. The molecule has 1 aliphatic heterocycles. The van der Waals surface area contributed by atoms with E-state index in [1.165, 1.54) is 17.7 Å². The zero-order valence-corrected chi connectivity index (χ0v) is 19.6. The third kappa shape index (κ3) is 4.77. The number of pyridine rings is 2. The van der Waals surface area contributed by atoms with Crippen LogP contribution < -0.4 is 15.5 Å². The van der Waals surface area contributed by atoms with Crippen LogP contribution in [-0.2, 0) is 0 Å². The summed E-state index contributed by atoms with van der Waals surface area (Å²) in [4.78, 5) is 37.4. The molecule has 10 nitrogen and oxygen atoms in total. The van der Waals surface area contributed by atoms with Gasteiger partial charge in [-0.25, -0.2) is 9.78 Å². The van der Waals surface area contributed by atoms with Crippen molar-refractivity contribution in [3.8, 4) is 11.1 Å². The summed E-state index contributed by atoms with van der Waals surface area (Å²) < 4.78 is 0. The lowest BCUT2D eigenvalue weighted by Gasteiger charge is -2.16. The summed E-state index contributed by atoms with van der Waals surface area (Å²) in [6.45, 7) is 2.03. The van der Waals surface area contributed by atoms with Crippen LogP contribution in [0.2, 0.25) is 0 Å². The van der Waals surface area contributed by atoms with Crippen molar-refractivity contribution in [3.05, 3.63) is 60.7 Å². The first kappa shape index (κ1) is 22.3. The summed E-state index contributed by atoms with van der Waals surface area (Å²) >= 11 is 0. The van der Waals surface area contributed by atoms with Gasteiger partial charge in [0.15, 0.2) is 5.69 Å². The highest BCUT2D eigenvalue weighted by molar-refractivity contribution is 6.11. The number of fused-ring (bicyclic) bond motifs is 1. The number of amides is 3. The van der Waals surface area contributed by atoms with Crippen molar-refractivity contribution in [2.45, 2.75) is 12.8 Å². The van der Waals surface area contributed by atoms with Gasteiger partial charge in [-0.1, -0.05) is 6.07 Å². The van der Waals surface area contributed by atoms with Crippen molar-refractivity contribution in [1.29, 1.82) is 0 Å². The van der Waals surface area contributed by atoms with Crippen LogP contribution in [0, 0.1) is 0 Å². The smallest absolute Gasteiger partial charge is 0.321 e. The molecule has 0 bridgehead atoms. The summed E-state index contributed by atoms with van der Waals surface area (Å²) in [7, 11) is 3.34. The second-order valence-electron chi connectivity index (χ2n) is 8.67. The molecule has 1 fully saturated rings. The van der Waals surface area contributed by atoms with Crippen molar-refractivity contribution < 1.29 is 9.59 Å². The molecule has 178 valence electrons. The second kappa shape index (κ2) is 9.41. The Bertz CT molecular complexity index is 1370. The number of anilines is 3. The molecule has 1 aromatic carbocycles. The average Bonchev–Trinajstić information content (AvgIpc) is 3.55. The molecule has 3 aromatic heterocycles. The van der Waals surface area contributed by atoms with Gasteiger partial charge in [-0.15, -0.1) is 0 Å². The summed E-state index contributed by atoms with van der Waals surface area (Å²) in [5.41, 5.74) is 3.87. The molecule has 4 aromatic rings. The van der Waals surface area contributed by atoms with Gasteiger partial charge in [-0.3, -0.25) is 14.9 Å². The van der Waals surface area contributed by atoms with E-state index in [2.05, 4.69) is 35.7 Å². The molecule has 0 aliphatic carbocycles. The van der Waals surface area contributed by atoms with Gasteiger partial charge >= 0.3 is 6.03 Å². The van der Waals surface area contributed by atoms with E-state index in [1.807, 2.05) is 36.4 Å². The van der Waals surface area contributed by atoms with Crippen LogP contribution in [0.25, 0.3) is 22.0 Å². The van der Waals surface area contributed by atoms with Gasteiger partial charge in [0.1, 0.15) is 5.82 Å². The van der Waals surface area contributed by atoms with E-state index < -0.39 is 0 Å². The minimum atomic E-state index is -0.325. The minimum Gasteiger partial charge on any atom is -0.357 e. The fourth-order valence-corrected chi connectivity index (χ4v) is 4.05. The summed E-state index contributed by atoms with van der Waals surface area (Å²) in [5.74, 6) is 0.599. The van der Waals surface area contributed by atoms with Gasteiger partial charge in [0, 0.05) is 44.3 Å². The van der Waals surface area contributed by atoms with E-state index in [0.717, 1.165) is 35.6 Å². The molecule has 5 rings (SSSR count). The number of benzene rings is 1. The van der Waals surface area contributed by atoms with Gasteiger partial charge in [0.05, 0.1) is 29.3 Å². The average molecular weight is 471 g/mol. The topological polar surface area (TPSA) is 119 Å². The molecule has 0 spiro atoms. The maximum absolute atomic E-state index is 13.0. The molecule has 10 heteroatoms. The fourth-order valence-electron chi connectivity index (χ4n) is 4.05. The summed E-state index contributed by atoms with van der Waals surface area (Å²) in [5, 5.41) is 13.5. The lowest BCUT2D eigenvalue weighted by Crippen LogP contribution is -2.27. The molecule has 35 heavy (non-hydrogen) atoms. The first-order valence-electron chi connectivity index (χ1n) is 11.4. The monoisotopic (exact) mass is 470 g/mol. The molecule has 1 aliphatic rings. The molecule has 1 saturated heterocycles. The number of nitrogens with zero attached hydrogens (tertiary/aromatic N) is 5. The zero-order chi connectivity index (χ0) is 24.4. The molecule has 0 radical (unpaired) electrons. The number of rotatable bonds is 5. The molecular formula is C25H26N8O2. The Labute approximate surface area is 202 Å². The van der Waals surface area contributed by atoms with Gasteiger partial charge in [0.2, 0.25) is 0 Å². The normalized spacial score (nSPS) is 13.1. The molecule has 3 amide bonds. The van der Waals surface area contributed by atoms with Crippen molar-refractivity contribution in [2.75, 3.05) is 42.7 Å². The van der Waals surface area contributed by atoms with E-state index in [4.69, 9.17) is 0 Å². The van der Waals surface area contributed by atoms with E-state index in [-0.39, 0.29) is 17.6 Å². The number of aromatic nitrogens is 4. The SMILES string of the molecule is CN(C)C(=O)Nc1cncc(-c2ccc3[nH]nc(C(=O)Nc4ccc(N5CCCC5)nc4)c3c2)c1. The maximum atomic E-state index is 13.0. The van der Waals surface area contributed by atoms with Gasteiger partial charge < -0.3 is 20.4 Å². The molecule has 3 N–H and O–H groups in total. The number of aromatic amines is 1. The Morgan fingerprint density at radius 3 is 2.51 bits per heavy atom. The lowest BCUT2D eigenvalue weighted by atomic mass is 10.0. The van der Waals surface area contributed by atoms with Crippen LogP contribution in [0.3, 0.4) is 0 Å². The Morgan fingerprint density at radius 2 is 1.77 bits per heavy atom. The number of carbonyl (C=O) groups excluding carboxylic acids is 2. The Morgan fingerprint density at radius 1 is 0.943 bits per heavy atom. The largest absolute Gasteiger partial charge is 0.357 e. The highest BCUT2D eigenvalue weighted by Gasteiger charge is 2.17. The number of hydrogen-bond acceptors (Lipinski definition) is 6. The lowest BCUT2D eigenvalue weighted by molar-refractivity contribution is 0.102. The second-order valence-corrected chi connectivity index (χ2v) is 8.67. The number of urea groups is 1. The van der Waals surface area contributed by atoms with Crippen LogP contribution in [0.4, 0.5) is 22.0 Å². The maximum Gasteiger partial charge on any atom is 0.321 e. The van der Waals surface area contributed by atoms with Crippen LogP contribution in [0.15, 0.2) is 55.0 Å². The van der Waals surface area contributed by atoms with Crippen molar-refractivity contribution in [2.24, 2.45) is 0 Å². The fraction of sp³-hybridized carbons (Fsp3) is 0.240. The van der Waals surface area contributed by atoms with Crippen LogP contribution in [-0.4, -0.2) is 64.2 Å². The number of nitrogens with one attached hydrogen (secondary N) is 3. The van der Waals surface area contributed by atoms with E-state index >= 15 is 0 Å². The van der Waals surface area contributed by atoms with E-state index in [0.29, 0.717) is 16.8 Å². The highest BCUT2D eigenvalue weighted by atomic mass is 16.2. The number of hydrogen-bond donors (Lipinski definition) is 3. The highest BCUT2D eigenvalue weighted by Crippen LogP contribution is 2.27. The Balaban J connectivity index is 1.36. The van der Waals surface area contributed by atoms with Gasteiger partial charge in [0.25, 0.3) is 5.91 Å². The quantitative estimate of drug-likeness (QED) is 0.406.